The highest BCUT2D eigenvalue weighted by atomic mass is 16.1. The molecule has 2 N–H and O–H groups in total. The van der Waals surface area contributed by atoms with Crippen molar-refractivity contribution in [1.29, 1.82) is 0 Å². The number of aldehydes is 1. The molecule has 2 aromatic rings. The van der Waals surface area contributed by atoms with E-state index in [9.17, 15) is 4.79 Å². The average Bonchev–Trinajstić information content (AvgIpc) is 2.60. The van der Waals surface area contributed by atoms with Crippen LogP contribution in [0.4, 0.5) is 5.82 Å². The van der Waals surface area contributed by atoms with Gasteiger partial charge in [0.25, 0.3) is 0 Å². The molecule has 0 radical (unpaired) electrons. The molecule has 4 heteroatoms. The Labute approximate surface area is 87.3 Å². The van der Waals surface area contributed by atoms with E-state index in [4.69, 9.17) is 5.73 Å². The Hall–Kier alpha value is -2.10. The van der Waals surface area contributed by atoms with Crippen molar-refractivity contribution in [2.75, 3.05) is 5.73 Å². The zero-order chi connectivity index (χ0) is 10.8. The van der Waals surface area contributed by atoms with E-state index in [-0.39, 0.29) is 0 Å². The van der Waals surface area contributed by atoms with Gasteiger partial charge in [0.2, 0.25) is 0 Å². The van der Waals surface area contributed by atoms with Gasteiger partial charge in [0.15, 0.2) is 6.29 Å². The van der Waals surface area contributed by atoms with E-state index in [1.165, 1.54) is 6.20 Å². The van der Waals surface area contributed by atoms with Gasteiger partial charge in [-0.2, -0.15) is 5.10 Å². The standard InChI is InChI=1S/C11H11N3O/c1-8-4-2-3-5-10(8)14-11(12)9(7-15)6-13-14/h2-7H,12H2,1H3. The van der Waals surface area contributed by atoms with Crippen LogP contribution in [0.1, 0.15) is 15.9 Å². The summed E-state index contributed by atoms with van der Waals surface area (Å²) in [7, 11) is 0. The number of nitrogen functional groups attached to an aromatic ring is 1. The molecule has 0 atom stereocenters. The summed E-state index contributed by atoms with van der Waals surface area (Å²) in [6.07, 6.45) is 2.17. The van der Waals surface area contributed by atoms with Crippen LogP contribution in [0.3, 0.4) is 0 Å². The molecular formula is C11H11N3O. The predicted octanol–water partition coefficient (Wildman–Crippen LogP) is 1.58. The van der Waals surface area contributed by atoms with Crippen LogP contribution in [-0.4, -0.2) is 16.1 Å². The Morgan fingerprint density at radius 3 is 2.73 bits per heavy atom. The molecule has 76 valence electrons. The maximum Gasteiger partial charge on any atom is 0.155 e. The first-order chi connectivity index (χ1) is 7.24. The lowest BCUT2D eigenvalue weighted by Gasteiger charge is -2.06. The van der Waals surface area contributed by atoms with Gasteiger partial charge in [-0.05, 0) is 18.6 Å². The molecule has 0 amide bonds. The minimum absolute atomic E-state index is 0.374. The molecule has 2 rings (SSSR count). The summed E-state index contributed by atoms with van der Waals surface area (Å²) in [5.41, 5.74) is 8.15. The SMILES string of the molecule is Cc1ccccc1-n1ncc(C=O)c1N. The Balaban J connectivity index is 2.59. The van der Waals surface area contributed by atoms with Gasteiger partial charge in [-0.1, -0.05) is 18.2 Å². The van der Waals surface area contributed by atoms with Crippen molar-refractivity contribution in [2.24, 2.45) is 0 Å². The summed E-state index contributed by atoms with van der Waals surface area (Å²) in [5, 5.41) is 4.08. The fourth-order valence-electron chi connectivity index (χ4n) is 1.45. The maximum absolute atomic E-state index is 10.6. The zero-order valence-corrected chi connectivity index (χ0v) is 8.34. The van der Waals surface area contributed by atoms with Gasteiger partial charge in [0.1, 0.15) is 5.82 Å². The third-order valence-electron chi connectivity index (χ3n) is 2.31. The lowest BCUT2D eigenvalue weighted by molar-refractivity contribution is 0.112. The predicted molar refractivity (Wildman–Crippen MR) is 58.1 cm³/mol. The van der Waals surface area contributed by atoms with Crippen molar-refractivity contribution >= 4 is 12.1 Å². The number of hydrogen-bond donors (Lipinski definition) is 1. The fraction of sp³-hybridized carbons (Fsp3) is 0.0909. The number of aryl methyl sites for hydroxylation is 1. The van der Waals surface area contributed by atoms with E-state index in [1.807, 2.05) is 31.2 Å². The van der Waals surface area contributed by atoms with Crippen molar-refractivity contribution in [2.45, 2.75) is 6.92 Å². The van der Waals surface area contributed by atoms with Crippen LogP contribution in [-0.2, 0) is 0 Å². The van der Waals surface area contributed by atoms with Gasteiger partial charge < -0.3 is 5.73 Å². The molecule has 0 unspecified atom stereocenters. The van der Waals surface area contributed by atoms with Crippen molar-refractivity contribution in [3.63, 3.8) is 0 Å². The smallest absolute Gasteiger partial charge is 0.155 e. The Morgan fingerprint density at radius 1 is 1.40 bits per heavy atom. The van der Waals surface area contributed by atoms with Crippen LogP contribution in [0, 0.1) is 6.92 Å². The molecule has 0 fully saturated rings. The van der Waals surface area contributed by atoms with E-state index in [2.05, 4.69) is 5.10 Å². The lowest BCUT2D eigenvalue weighted by atomic mass is 10.2. The first-order valence-electron chi connectivity index (χ1n) is 4.58. The van der Waals surface area contributed by atoms with Gasteiger partial charge in [0.05, 0.1) is 17.4 Å². The highest BCUT2D eigenvalue weighted by Crippen LogP contribution is 2.18. The second-order valence-corrected chi connectivity index (χ2v) is 3.30. The Morgan fingerprint density at radius 2 is 2.13 bits per heavy atom. The van der Waals surface area contributed by atoms with Crippen LogP contribution in [0.5, 0.6) is 0 Å². The summed E-state index contributed by atoms with van der Waals surface area (Å²) in [5.74, 6) is 0.374. The lowest BCUT2D eigenvalue weighted by Crippen LogP contribution is -2.04. The molecule has 0 spiro atoms. The number of aromatic nitrogens is 2. The molecule has 15 heavy (non-hydrogen) atoms. The number of para-hydroxylation sites is 1. The normalized spacial score (nSPS) is 10.2. The van der Waals surface area contributed by atoms with E-state index < -0.39 is 0 Å². The monoisotopic (exact) mass is 201 g/mol. The van der Waals surface area contributed by atoms with Gasteiger partial charge in [-0.3, -0.25) is 4.79 Å². The van der Waals surface area contributed by atoms with E-state index in [1.54, 1.807) is 4.68 Å². The second kappa shape index (κ2) is 3.57. The third kappa shape index (κ3) is 1.50. The van der Waals surface area contributed by atoms with Crippen molar-refractivity contribution in [1.82, 2.24) is 9.78 Å². The molecular weight excluding hydrogens is 190 g/mol. The largest absolute Gasteiger partial charge is 0.383 e. The van der Waals surface area contributed by atoms with Crippen LogP contribution in [0.15, 0.2) is 30.5 Å². The minimum atomic E-state index is 0.374. The van der Waals surface area contributed by atoms with E-state index in [0.717, 1.165) is 11.3 Å². The van der Waals surface area contributed by atoms with Crippen molar-refractivity contribution in [3.05, 3.63) is 41.6 Å². The summed E-state index contributed by atoms with van der Waals surface area (Å²) >= 11 is 0. The Kier molecular flexibility index (Phi) is 2.25. The summed E-state index contributed by atoms with van der Waals surface area (Å²) in [6.45, 7) is 1.97. The second-order valence-electron chi connectivity index (χ2n) is 3.30. The average molecular weight is 201 g/mol. The molecule has 4 nitrogen and oxygen atoms in total. The molecule has 1 aromatic heterocycles. The molecule has 0 aliphatic heterocycles. The molecule has 0 saturated carbocycles. The minimum Gasteiger partial charge on any atom is -0.383 e. The van der Waals surface area contributed by atoms with Gasteiger partial charge in [-0.15, -0.1) is 0 Å². The van der Waals surface area contributed by atoms with Gasteiger partial charge >= 0.3 is 0 Å². The molecule has 0 aliphatic carbocycles. The number of anilines is 1. The van der Waals surface area contributed by atoms with Crippen molar-refractivity contribution in [3.8, 4) is 5.69 Å². The molecule has 0 aliphatic rings. The molecule has 1 heterocycles. The number of rotatable bonds is 2. The number of hydrogen-bond acceptors (Lipinski definition) is 3. The highest BCUT2D eigenvalue weighted by Gasteiger charge is 2.09. The van der Waals surface area contributed by atoms with E-state index in [0.29, 0.717) is 17.7 Å². The highest BCUT2D eigenvalue weighted by molar-refractivity contribution is 5.82. The number of nitrogens with zero attached hydrogens (tertiary/aromatic N) is 2. The third-order valence-corrected chi connectivity index (χ3v) is 2.31. The fourth-order valence-corrected chi connectivity index (χ4v) is 1.45. The number of carbonyl (C=O) groups excluding carboxylic acids is 1. The zero-order valence-electron chi connectivity index (χ0n) is 8.34. The maximum atomic E-state index is 10.6. The summed E-state index contributed by atoms with van der Waals surface area (Å²) < 4.78 is 1.57. The number of carbonyl (C=O) groups is 1. The Bertz CT molecular complexity index is 502. The molecule has 1 aromatic carbocycles. The molecule has 0 saturated heterocycles. The summed E-state index contributed by atoms with van der Waals surface area (Å²) in [6, 6.07) is 7.73. The first kappa shape index (κ1) is 9.45. The van der Waals surface area contributed by atoms with Gasteiger partial charge in [-0.25, -0.2) is 4.68 Å². The van der Waals surface area contributed by atoms with Crippen LogP contribution < -0.4 is 5.73 Å². The van der Waals surface area contributed by atoms with Gasteiger partial charge in [0, 0.05) is 0 Å². The van der Waals surface area contributed by atoms with Crippen LogP contribution in [0.2, 0.25) is 0 Å². The first-order valence-corrected chi connectivity index (χ1v) is 4.58. The molecule has 0 bridgehead atoms. The topological polar surface area (TPSA) is 60.9 Å². The number of benzene rings is 1. The van der Waals surface area contributed by atoms with Crippen LogP contribution >= 0.6 is 0 Å². The van der Waals surface area contributed by atoms with E-state index >= 15 is 0 Å². The van der Waals surface area contributed by atoms with Crippen molar-refractivity contribution < 1.29 is 4.79 Å². The number of nitrogens with two attached hydrogens (primary N) is 1. The quantitative estimate of drug-likeness (QED) is 0.750. The van der Waals surface area contributed by atoms with Crippen LogP contribution in [0.25, 0.3) is 5.69 Å². The summed E-state index contributed by atoms with van der Waals surface area (Å²) in [4.78, 5) is 10.6.